The zero-order chi connectivity index (χ0) is 21.6. The van der Waals surface area contributed by atoms with E-state index in [9.17, 15) is 27.9 Å². The van der Waals surface area contributed by atoms with E-state index in [1.165, 1.54) is 48.3 Å². The van der Waals surface area contributed by atoms with Gasteiger partial charge in [0, 0.05) is 22.5 Å². The Morgan fingerprint density at radius 3 is 2.53 bits per heavy atom. The second kappa shape index (κ2) is 6.83. The summed E-state index contributed by atoms with van der Waals surface area (Å²) >= 11 is 0. The number of carbonyl (C=O) groups is 2. The van der Waals surface area contributed by atoms with Gasteiger partial charge in [-0.25, -0.2) is 9.59 Å². The fourth-order valence-electron chi connectivity index (χ4n) is 3.24. The van der Waals surface area contributed by atoms with Crippen LogP contribution in [0.4, 0.5) is 13.2 Å². The van der Waals surface area contributed by atoms with Crippen molar-refractivity contribution >= 4 is 33.8 Å². The molecule has 1 N–H and O–H groups in total. The van der Waals surface area contributed by atoms with Gasteiger partial charge in [-0.2, -0.15) is 0 Å². The molecule has 0 amide bonds. The number of aromatic carboxylic acids is 1. The Hall–Kier alpha value is -3.95. The summed E-state index contributed by atoms with van der Waals surface area (Å²) in [6, 6.07) is 9.39. The molecule has 2 aromatic heterocycles. The highest BCUT2D eigenvalue weighted by Gasteiger charge is 2.31. The number of aromatic nitrogens is 1. The van der Waals surface area contributed by atoms with Crippen LogP contribution in [0.25, 0.3) is 27.6 Å². The van der Waals surface area contributed by atoms with Crippen LogP contribution in [0, 0.1) is 0 Å². The van der Waals surface area contributed by atoms with E-state index < -0.39 is 24.1 Å². The van der Waals surface area contributed by atoms with Gasteiger partial charge in [0.15, 0.2) is 0 Å². The molecule has 2 aromatic carbocycles. The lowest BCUT2D eigenvalue weighted by Gasteiger charge is -2.11. The number of furan rings is 1. The molecule has 10 heteroatoms. The highest BCUT2D eigenvalue weighted by molar-refractivity contribution is 6.04. The summed E-state index contributed by atoms with van der Waals surface area (Å²) in [4.78, 5) is 23.7. The number of nitrogens with zero attached hydrogens (tertiary/aromatic N) is 1. The first-order valence-electron chi connectivity index (χ1n) is 8.42. The van der Waals surface area contributed by atoms with Crippen LogP contribution in [0.3, 0.4) is 0 Å². The van der Waals surface area contributed by atoms with Gasteiger partial charge in [0.05, 0.1) is 12.6 Å². The van der Waals surface area contributed by atoms with E-state index in [0.717, 1.165) is 12.1 Å². The first kappa shape index (κ1) is 19.4. The van der Waals surface area contributed by atoms with E-state index in [4.69, 9.17) is 9.15 Å². The normalized spacial score (nSPS) is 11.7. The van der Waals surface area contributed by atoms with Crippen LogP contribution in [-0.4, -0.2) is 35.1 Å². The summed E-state index contributed by atoms with van der Waals surface area (Å²) in [5.74, 6) is -2.43. The van der Waals surface area contributed by atoms with Gasteiger partial charge in [0.1, 0.15) is 28.9 Å². The zero-order valence-electron chi connectivity index (χ0n) is 15.2. The predicted molar refractivity (Wildman–Crippen MR) is 98.0 cm³/mol. The third kappa shape index (κ3) is 3.32. The van der Waals surface area contributed by atoms with E-state index in [0.29, 0.717) is 22.0 Å². The molecule has 4 aromatic rings. The average molecular weight is 419 g/mol. The highest BCUT2D eigenvalue weighted by atomic mass is 19.4. The van der Waals surface area contributed by atoms with Crippen molar-refractivity contribution in [2.45, 2.75) is 6.36 Å². The van der Waals surface area contributed by atoms with Crippen molar-refractivity contribution in [3.8, 4) is 11.4 Å². The Bertz CT molecular complexity index is 1300. The zero-order valence-corrected chi connectivity index (χ0v) is 15.2. The molecule has 0 atom stereocenters. The quantitative estimate of drug-likeness (QED) is 0.480. The van der Waals surface area contributed by atoms with E-state index in [2.05, 4.69) is 4.74 Å². The Morgan fingerprint density at radius 2 is 1.87 bits per heavy atom. The molecule has 0 saturated carbocycles. The lowest BCUT2D eigenvalue weighted by atomic mass is 10.1. The number of carbonyl (C=O) groups excluding carboxylic acids is 1. The Labute approximate surface area is 165 Å². The van der Waals surface area contributed by atoms with Gasteiger partial charge in [-0.05, 0) is 36.4 Å². The second-order valence-electron chi connectivity index (χ2n) is 6.26. The van der Waals surface area contributed by atoms with Crippen molar-refractivity contribution in [3.05, 3.63) is 60.0 Å². The standard InChI is InChI=1S/C20H12F3NO6/c1-28-19(27)14-9-29-17-5-3-11(7-13(14)17)24-15-8-12(30-20(21,22)23)4-2-10(15)6-16(24)18(25)26/h2-9H,1H3,(H,25,26). The summed E-state index contributed by atoms with van der Waals surface area (Å²) in [6.45, 7) is 0. The molecule has 0 bridgehead atoms. The first-order chi connectivity index (χ1) is 14.2. The predicted octanol–water partition coefficient (Wildman–Crippen LogP) is 4.76. The van der Waals surface area contributed by atoms with Crippen LogP contribution >= 0.6 is 0 Å². The Kier molecular flexibility index (Phi) is 4.41. The number of ether oxygens (including phenoxy) is 2. The van der Waals surface area contributed by atoms with Gasteiger partial charge in [-0.3, -0.25) is 0 Å². The van der Waals surface area contributed by atoms with Crippen molar-refractivity contribution < 1.29 is 41.8 Å². The number of rotatable bonds is 4. The van der Waals surface area contributed by atoms with Crippen LogP contribution in [0.5, 0.6) is 5.75 Å². The fraction of sp³-hybridized carbons (Fsp3) is 0.100. The third-order valence-electron chi connectivity index (χ3n) is 4.45. The molecule has 0 spiro atoms. The second-order valence-corrected chi connectivity index (χ2v) is 6.26. The third-order valence-corrected chi connectivity index (χ3v) is 4.45. The van der Waals surface area contributed by atoms with Crippen molar-refractivity contribution in [3.63, 3.8) is 0 Å². The Morgan fingerprint density at radius 1 is 1.10 bits per heavy atom. The molecule has 0 fully saturated rings. The van der Waals surface area contributed by atoms with Crippen molar-refractivity contribution in [2.75, 3.05) is 7.11 Å². The topological polar surface area (TPSA) is 90.9 Å². The number of hydrogen-bond acceptors (Lipinski definition) is 5. The molecular weight excluding hydrogens is 407 g/mol. The van der Waals surface area contributed by atoms with Crippen molar-refractivity contribution in [2.24, 2.45) is 0 Å². The minimum absolute atomic E-state index is 0.129. The molecular formula is C20H12F3NO6. The molecule has 0 aliphatic carbocycles. The Balaban J connectivity index is 1.96. The number of carboxylic acid groups (broad SMARTS) is 1. The minimum Gasteiger partial charge on any atom is -0.477 e. The number of esters is 1. The van der Waals surface area contributed by atoms with E-state index in [1.54, 1.807) is 0 Å². The minimum atomic E-state index is -4.90. The van der Waals surface area contributed by atoms with Crippen LogP contribution < -0.4 is 4.74 Å². The molecule has 30 heavy (non-hydrogen) atoms. The number of fused-ring (bicyclic) bond motifs is 2. The summed E-state index contributed by atoms with van der Waals surface area (Å²) in [5, 5.41) is 10.4. The number of benzene rings is 2. The van der Waals surface area contributed by atoms with E-state index >= 15 is 0 Å². The largest absolute Gasteiger partial charge is 0.573 e. The number of hydrogen-bond donors (Lipinski definition) is 1. The summed E-state index contributed by atoms with van der Waals surface area (Å²) in [6.07, 6.45) is -3.69. The first-order valence-corrected chi connectivity index (χ1v) is 8.42. The maximum atomic E-state index is 12.6. The number of carboxylic acids is 1. The number of methoxy groups -OCH3 is 1. The van der Waals surface area contributed by atoms with Crippen molar-refractivity contribution in [1.82, 2.24) is 4.57 Å². The molecule has 0 radical (unpaired) electrons. The highest BCUT2D eigenvalue weighted by Crippen LogP contribution is 2.32. The van der Waals surface area contributed by atoms with Gasteiger partial charge in [-0.15, -0.1) is 13.2 Å². The molecule has 0 aliphatic heterocycles. The maximum Gasteiger partial charge on any atom is 0.573 e. The fourth-order valence-corrected chi connectivity index (χ4v) is 3.24. The average Bonchev–Trinajstić information content (AvgIpc) is 3.26. The van der Waals surface area contributed by atoms with Gasteiger partial charge in [-0.1, -0.05) is 0 Å². The van der Waals surface area contributed by atoms with Crippen LogP contribution in [0.15, 0.2) is 53.1 Å². The SMILES string of the molecule is COC(=O)c1coc2ccc(-n3c(C(=O)O)cc4ccc(OC(F)(F)F)cc43)cc12. The van der Waals surface area contributed by atoms with E-state index in [-0.39, 0.29) is 16.8 Å². The molecule has 0 aliphatic rings. The molecule has 7 nitrogen and oxygen atoms in total. The van der Waals surface area contributed by atoms with Gasteiger partial charge < -0.3 is 23.6 Å². The summed E-state index contributed by atoms with van der Waals surface area (Å²) in [7, 11) is 1.20. The van der Waals surface area contributed by atoms with Gasteiger partial charge in [0.25, 0.3) is 0 Å². The van der Waals surface area contributed by atoms with Crippen LogP contribution in [-0.2, 0) is 4.74 Å². The molecule has 2 heterocycles. The van der Waals surface area contributed by atoms with Gasteiger partial charge >= 0.3 is 18.3 Å². The molecule has 0 unspecified atom stereocenters. The number of halogens is 3. The molecule has 0 saturated heterocycles. The monoisotopic (exact) mass is 419 g/mol. The molecule has 4 rings (SSSR count). The lowest BCUT2D eigenvalue weighted by Crippen LogP contribution is -2.17. The summed E-state index contributed by atoms with van der Waals surface area (Å²) in [5.41, 5.74) is 0.774. The van der Waals surface area contributed by atoms with E-state index in [1.807, 2.05) is 0 Å². The number of alkyl halides is 3. The smallest absolute Gasteiger partial charge is 0.477 e. The maximum absolute atomic E-state index is 12.6. The molecule has 154 valence electrons. The van der Waals surface area contributed by atoms with Crippen LogP contribution in [0.2, 0.25) is 0 Å². The van der Waals surface area contributed by atoms with Crippen molar-refractivity contribution in [1.29, 1.82) is 0 Å². The summed E-state index contributed by atoms with van der Waals surface area (Å²) < 4.78 is 53.1. The van der Waals surface area contributed by atoms with Gasteiger partial charge in [0.2, 0.25) is 0 Å². The van der Waals surface area contributed by atoms with Crippen LogP contribution in [0.1, 0.15) is 20.8 Å². The lowest BCUT2D eigenvalue weighted by molar-refractivity contribution is -0.274.